The normalized spacial score (nSPS) is 14.7. The Morgan fingerprint density at radius 3 is 2.70 bits per heavy atom. The van der Waals surface area contributed by atoms with Crippen LogP contribution in [0.25, 0.3) is 5.69 Å². The summed E-state index contributed by atoms with van der Waals surface area (Å²) < 4.78 is 13.6. The highest BCUT2D eigenvalue weighted by Crippen LogP contribution is 2.30. The third-order valence-corrected chi connectivity index (χ3v) is 6.86. The summed E-state index contributed by atoms with van der Waals surface area (Å²) in [5.41, 5.74) is 0.975. The molecule has 1 atom stereocenters. The molecule has 2 aromatic carbocycles. The summed E-state index contributed by atoms with van der Waals surface area (Å²) in [6, 6.07) is 21.6. The summed E-state index contributed by atoms with van der Waals surface area (Å²) in [4.78, 5) is 13.7. The second kappa shape index (κ2) is 10.1. The summed E-state index contributed by atoms with van der Waals surface area (Å²) in [6.45, 7) is 0.779. The van der Waals surface area contributed by atoms with E-state index in [0.717, 1.165) is 17.3 Å². The van der Waals surface area contributed by atoms with Crippen molar-refractivity contribution in [2.24, 2.45) is 0 Å². The van der Waals surface area contributed by atoms with Gasteiger partial charge in [0.05, 0.1) is 12.3 Å². The Labute approximate surface area is 199 Å². The topological polar surface area (TPSA) is 78.3 Å². The lowest BCUT2D eigenvalue weighted by atomic mass is 10.2. The van der Waals surface area contributed by atoms with Gasteiger partial charge in [0.15, 0.2) is 16.7 Å². The number of rotatable bonds is 8. The summed E-state index contributed by atoms with van der Waals surface area (Å²) in [7, 11) is 0. The van der Waals surface area contributed by atoms with E-state index in [2.05, 4.69) is 27.0 Å². The van der Waals surface area contributed by atoms with Gasteiger partial charge in [-0.3, -0.25) is 9.36 Å². The fourth-order valence-electron chi connectivity index (χ4n) is 3.49. The Hall–Kier alpha value is -3.30. The first-order chi connectivity index (χ1) is 16.3. The predicted molar refractivity (Wildman–Crippen MR) is 129 cm³/mol. The van der Waals surface area contributed by atoms with E-state index in [-0.39, 0.29) is 17.8 Å². The average Bonchev–Trinajstić information content (AvgIpc) is 3.52. The molecule has 0 bridgehead atoms. The largest absolute Gasteiger partial charge is 0.486 e. The molecule has 9 heteroatoms. The maximum Gasteiger partial charge on any atom is 0.230 e. The molecule has 1 amide bonds. The summed E-state index contributed by atoms with van der Waals surface area (Å²) >= 11 is 3.06. The van der Waals surface area contributed by atoms with Crippen molar-refractivity contribution in [1.29, 1.82) is 0 Å². The van der Waals surface area contributed by atoms with Crippen molar-refractivity contribution in [1.82, 2.24) is 20.1 Å². The van der Waals surface area contributed by atoms with Gasteiger partial charge >= 0.3 is 0 Å². The number of carbonyl (C=O) groups is 1. The number of thioether (sulfide) groups is 1. The number of ether oxygens (including phenoxy) is 2. The molecule has 0 radical (unpaired) electrons. The fourth-order valence-corrected chi connectivity index (χ4v) is 4.99. The van der Waals surface area contributed by atoms with Gasteiger partial charge in [-0.2, -0.15) is 0 Å². The molecule has 168 valence electrons. The van der Waals surface area contributed by atoms with Gasteiger partial charge in [0.2, 0.25) is 5.91 Å². The number of carbonyl (C=O) groups excluding carboxylic acids is 1. The van der Waals surface area contributed by atoms with Crippen molar-refractivity contribution in [2.45, 2.75) is 17.7 Å². The van der Waals surface area contributed by atoms with E-state index in [4.69, 9.17) is 9.47 Å². The molecule has 0 aliphatic carbocycles. The van der Waals surface area contributed by atoms with E-state index in [1.54, 1.807) is 11.3 Å². The van der Waals surface area contributed by atoms with Gasteiger partial charge in [-0.25, -0.2) is 0 Å². The molecule has 3 heterocycles. The number of nitrogens with one attached hydrogen (secondary N) is 1. The van der Waals surface area contributed by atoms with Crippen LogP contribution in [-0.4, -0.2) is 45.7 Å². The minimum atomic E-state index is -0.223. The van der Waals surface area contributed by atoms with Crippen molar-refractivity contribution >= 4 is 29.0 Å². The zero-order valence-corrected chi connectivity index (χ0v) is 19.3. The number of nitrogens with zero attached hydrogens (tertiary/aromatic N) is 3. The molecule has 0 saturated carbocycles. The summed E-state index contributed by atoms with van der Waals surface area (Å²) in [5.74, 6) is 2.41. The number of thiophene rings is 1. The Bertz CT molecular complexity index is 1210. The molecule has 33 heavy (non-hydrogen) atoms. The zero-order chi connectivity index (χ0) is 22.5. The number of aromatic nitrogens is 3. The molecule has 0 saturated heterocycles. The van der Waals surface area contributed by atoms with E-state index in [1.165, 1.54) is 16.6 Å². The molecule has 2 aromatic heterocycles. The summed E-state index contributed by atoms with van der Waals surface area (Å²) in [5, 5.41) is 14.5. The molecule has 7 nitrogen and oxygen atoms in total. The van der Waals surface area contributed by atoms with Gasteiger partial charge in [0.1, 0.15) is 18.5 Å². The standard InChI is InChI=1S/C24H22N4O3S2/c29-23(25-14-18-15-30-20-10-4-5-11-21(20)31-18)16-33-24-27-26-22(13-19-9-6-12-32-19)28(24)17-7-2-1-3-8-17/h1-12,18H,13-16H2,(H,25,29)/t18-/m1/s1. The smallest absolute Gasteiger partial charge is 0.230 e. The van der Waals surface area contributed by atoms with Crippen molar-refractivity contribution in [3.63, 3.8) is 0 Å². The minimum absolute atomic E-state index is 0.0927. The van der Waals surface area contributed by atoms with E-state index in [9.17, 15) is 4.79 Å². The molecule has 0 unspecified atom stereocenters. The van der Waals surface area contributed by atoms with E-state index < -0.39 is 0 Å². The SMILES string of the molecule is O=C(CSc1nnc(Cc2cccs2)n1-c1ccccc1)NC[C@@H]1COc2ccccc2O1. The zero-order valence-electron chi connectivity index (χ0n) is 17.7. The molecule has 0 fully saturated rings. The Balaban J connectivity index is 1.21. The molecule has 1 aliphatic heterocycles. The molecule has 4 aromatic rings. The number of fused-ring (bicyclic) bond motifs is 1. The molecule has 5 rings (SSSR count). The lowest BCUT2D eigenvalue weighted by molar-refractivity contribution is -0.119. The van der Waals surface area contributed by atoms with Crippen LogP contribution in [0.2, 0.25) is 0 Å². The van der Waals surface area contributed by atoms with Crippen LogP contribution in [-0.2, 0) is 11.2 Å². The molecular formula is C24H22N4O3S2. The average molecular weight is 479 g/mol. The lowest BCUT2D eigenvalue weighted by Gasteiger charge is -2.26. The number of para-hydroxylation sites is 3. The number of hydrogen-bond donors (Lipinski definition) is 1. The maximum atomic E-state index is 12.5. The van der Waals surface area contributed by atoms with Gasteiger partial charge in [0, 0.05) is 17.0 Å². The monoisotopic (exact) mass is 478 g/mol. The third-order valence-electron chi connectivity index (χ3n) is 5.05. The Morgan fingerprint density at radius 1 is 1.06 bits per heavy atom. The van der Waals surface area contributed by atoms with Crippen molar-refractivity contribution in [3.05, 3.63) is 82.8 Å². The second-order valence-corrected chi connectivity index (χ2v) is 9.39. The highest BCUT2D eigenvalue weighted by atomic mass is 32.2. The lowest BCUT2D eigenvalue weighted by Crippen LogP contribution is -2.41. The van der Waals surface area contributed by atoms with E-state index in [1.807, 2.05) is 65.2 Å². The van der Waals surface area contributed by atoms with Crippen LogP contribution in [0.15, 0.2) is 77.3 Å². The number of benzene rings is 2. The predicted octanol–water partition coefficient (Wildman–Crippen LogP) is 3.97. The van der Waals surface area contributed by atoms with Gasteiger partial charge in [-0.1, -0.05) is 48.2 Å². The maximum absolute atomic E-state index is 12.5. The van der Waals surface area contributed by atoms with Crippen molar-refractivity contribution < 1.29 is 14.3 Å². The van der Waals surface area contributed by atoms with Crippen LogP contribution < -0.4 is 14.8 Å². The van der Waals surface area contributed by atoms with Crippen LogP contribution in [0, 0.1) is 0 Å². The van der Waals surface area contributed by atoms with Crippen LogP contribution in [0.4, 0.5) is 0 Å². The van der Waals surface area contributed by atoms with E-state index >= 15 is 0 Å². The minimum Gasteiger partial charge on any atom is -0.486 e. The summed E-state index contributed by atoms with van der Waals surface area (Å²) in [6.07, 6.45) is 0.464. The molecule has 0 spiro atoms. The van der Waals surface area contributed by atoms with E-state index in [0.29, 0.717) is 30.5 Å². The van der Waals surface area contributed by atoms with Gasteiger partial charge in [0.25, 0.3) is 0 Å². The van der Waals surface area contributed by atoms with Crippen molar-refractivity contribution in [2.75, 3.05) is 18.9 Å². The molecular weight excluding hydrogens is 456 g/mol. The van der Waals surface area contributed by atoms with Gasteiger partial charge in [-0.05, 0) is 35.7 Å². The molecule has 1 aliphatic rings. The fraction of sp³-hybridized carbons (Fsp3) is 0.208. The van der Waals surface area contributed by atoms with Crippen LogP contribution in [0.1, 0.15) is 10.7 Å². The second-order valence-electron chi connectivity index (χ2n) is 7.42. The van der Waals surface area contributed by atoms with Gasteiger partial charge < -0.3 is 14.8 Å². The quantitative estimate of drug-likeness (QED) is 0.386. The Kier molecular flexibility index (Phi) is 6.59. The van der Waals surface area contributed by atoms with Crippen molar-refractivity contribution in [3.8, 4) is 17.2 Å². The Morgan fingerprint density at radius 2 is 1.88 bits per heavy atom. The van der Waals surface area contributed by atoms with Crippen LogP contribution >= 0.6 is 23.1 Å². The van der Waals surface area contributed by atoms with Crippen LogP contribution in [0.3, 0.4) is 0 Å². The highest BCUT2D eigenvalue weighted by Gasteiger charge is 2.22. The first-order valence-electron chi connectivity index (χ1n) is 10.6. The highest BCUT2D eigenvalue weighted by molar-refractivity contribution is 7.99. The first-order valence-corrected chi connectivity index (χ1v) is 12.4. The number of hydrogen-bond acceptors (Lipinski definition) is 7. The van der Waals surface area contributed by atoms with Gasteiger partial charge in [-0.15, -0.1) is 21.5 Å². The number of amides is 1. The third kappa shape index (κ3) is 5.20. The first kappa shape index (κ1) is 21.5. The van der Waals surface area contributed by atoms with Crippen LogP contribution in [0.5, 0.6) is 11.5 Å². The molecule has 1 N–H and O–H groups in total.